The number of rotatable bonds is 11. The number of hydrogen-bond donors (Lipinski definition) is 1. The van der Waals surface area contributed by atoms with E-state index < -0.39 is 0 Å². The molecule has 3 aromatic carbocycles. The third kappa shape index (κ3) is 6.64. The Bertz CT molecular complexity index is 1350. The van der Waals surface area contributed by atoms with Crippen LogP contribution in [-0.2, 0) is 11.3 Å². The Morgan fingerprint density at radius 2 is 1.82 bits per heavy atom. The lowest BCUT2D eigenvalue weighted by Gasteiger charge is -2.26. The molecule has 1 aliphatic rings. The van der Waals surface area contributed by atoms with Crippen molar-refractivity contribution in [3.05, 3.63) is 77.6 Å². The lowest BCUT2D eigenvalue weighted by atomic mass is 10.2. The van der Waals surface area contributed by atoms with Crippen LogP contribution in [0.2, 0.25) is 5.02 Å². The summed E-state index contributed by atoms with van der Waals surface area (Å²) in [5.74, 6) is 2.60. The molecule has 5 rings (SSSR count). The van der Waals surface area contributed by atoms with E-state index in [2.05, 4.69) is 20.2 Å². The average Bonchev–Trinajstić information content (AvgIpc) is 2.96. The molecule has 4 aromatic rings. The van der Waals surface area contributed by atoms with Crippen molar-refractivity contribution in [2.24, 2.45) is 0 Å². The summed E-state index contributed by atoms with van der Waals surface area (Å²) in [7, 11) is 1.62. The predicted octanol–water partition coefficient (Wildman–Crippen LogP) is 5.72. The largest absolute Gasteiger partial charge is 0.497 e. The fourth-order valence-electron chi connectivity index (χ4n) is 4.31. The highest BCUT2D eigenvalue weighted by Gasteiger charge is 2.16. The van der Waals surface area contributed by atoms with Crippen LogP contribution in [0.25, 0.3) is 10.9 Å². The van der Waals surface area contributed by atoms with Crippen LogP contribution < -0.4 is 19.5 Å². The van der Waals surface area contributed by atoms with Crippen LogP contribution >= 0.6 is 11.6 Å². The van der Waals surface area contributed by atoms with Crippen molar-refractivity contribution >= 4 is 34.0 Å². The van der Waals surface area contributed by atoms with E-state index in [0.29, 0.717) is 52.5 Å². The topological polar surface area (TPSA) is 78.0 Å². The molecule has 9 heteroatoms. The van der Waals surface area contributed by atoms with Crippen molar-refractivity contribution in [2.45, 2.75) is 13.0 Å². The highest BCUT2D eigenvalue weighted by Crippen LogP contribution is 2.37. The minimum atomic E-state index is 0.443. The molecule has 38 heavy (non-hydrogen) atoms. The lowest BCUT2D eigenvalue weighted by Crippen LogP contribution is -2.37. The van der Waals surface area contributed by atoms with Crippen molar-refractivity contribution < 1.29 is 18.9 Å². The number of fused-ring (bicyclic) bond motifs is 1. The molecule has 198 valence electrons. The van der Waals surface area contributed by atoms with Gasteiger partial charge in [-0.05, 0) is 24.1 Å². The summed E-state index contributed by atoms with van der Waals surface area (Å²) in [5.41, 5.74) is 2.46. The van der Waals surface area contributed by atoms with Gasteiger partial charge in [0.2, 0.25) is 0 Å². The van der Waals surface area contributed by atoms with Crippen molar-refractivity contribution in [2.75, 3.05) is 51.9 Å². The van der Waals surface area contributed by atoms with Crippen LogP contribution in [0, 0.1) is 0 Å². The highest BCUT2D eigenvalue weighted by atomic mass is 35.5. The number of hydrogen-bond acceptors (Lipinski definition) is 8. The molecule has 0 saturated carbocycles. The van der Waals surface area contributed by atoms with Gasteiger partial charge in [0.15, 0.2) is 0 Å². The van der Waals surface area contributed by atoms with E-state index in [1.807, 2.05) is 54.6 Å². The third-order valence-electron chi connectivity index (χ3n) is 6.33. The number of halogens is 1. The molecule has 0 amide bonds. The van der Waals surface area contributed by atoms with E-state index in [1.54, 1.807) is 13.2 Å². The van der Waals surface area contributed by atoms with Gasteiger partial charge in [-0.3, -0.25) is 4.90 Å². The molecule has 8 nitrogen and oxygen atoms in total. The minimum Gasteiger partial charge on any atom is -0.497 e. The van der Waals surface area contributed by atoms with E-state index in [1.165, 1.54) is 6.33 Å². The first kappa shape index (κ1) is 26.0. The lowest BCUT2D eigenvalue weighted by molar-refractivity contribution is 0.0358. The normalized spacial score (nSPS) is 13.8. The molecular formula is C29H31ClN4O4. The monoisotopic (exact) mass is 534 g/mol. The number of benzene rings is 3. The zero-order chi connectivity index (χ0) is 26.2. The van der Waals surface area contributed by atoms with Gasteiger partial charge in [-0.15, -0.1) is 0 Å². The molecule has 0 unspecified atom stereocenters. The fourth-order valence-corrected chi connectivity index (χ4v) is 4.48. The maximum atomic E-state index is 6.47. The Hall–Kier alpha value is -3.59. The van der Waals surface area contributed by atoms with Crippen LogP contribution in [-0.4, -0.2) is 61.4 Å². The standard InChI is InChI=1S/C29H31ClN4O4/c1-35-22-8-9-24(30)25(16-22)33-29-28-26(31-20-32-29)17-23(38-19-21-6-3-2-4-7-21)18-27(28)37-13-5-10-34-11-14-36-15-12-34/h2-4,6-9,16-18,20H,5,10-15,19H2,1H3,(H,31,32,33). The van der Waals surface area contributed by atoms with E-state index in [0.717, 1.165) is 50.2 Å². The molecule has 1 aliphatic heterocycles. The van der Waals surface area contributed by atoms with E-state index in [-0.39, 0.29) is 0 Å². The van der Waals surface area contributed by atoms with Crippen molar-refractivity contribution in [1.82, 2.24) is 14.9 Å². The van der Waals surface area contributed by atoms with E-state index in [9.17, 15) is 0 Å². The molecule has 1 N–H and O–H groups in total. The van der Waals surface area contributed by atoms with Crippen molar-refractivity contribution in [3.8, 4) is 17.2 Å². The van der Waals surface area contributed by atoms with Gasteiger partial charge in [-0.1, -0.05) is 41.9 Å². The van der Waals surface area contributed by atoms with E-state index in [4.69, 9.17) is 30.5 Å². The SMILES string of the molecule is COc1ccc(Cl)c(Nc2ncnc3cc(OCc4ccccc4)cc(OCCCN4CCOCC4)c23)c1. The summed E-state index contributed by atoms with van der Waals surface area (Å²) >= 11 is 6.47. The molecule has 0 aliphatic carbocycles. The summed E-state index contributed by atoms with van der Waals surface area (Å²) in [6.45, 7) is 5.41. The smallest absolute Gasteiger partial charge is 0.145 e. The summed E-state index contributed by atoms with van der Waals surface area (Å²) in [6.07, 6.45) is 2.40. The first-order chi connectivity index (χ1) is 18.7. The Balaban J connectivity index is 1.41. The van der Waals surface area contributed by atoms with Gasteiger partial charge in [-0.2, -0.15) is 0 Å². The van der Waals surface area contributed by atoms with Crippen LogP contribution in [0.3, 0.4) is 0 Å². The van der Waals surface area contributed by atoms with Crippen LogP contribution in [0.5, 0.6) is 17.2 Å². The van der Waals surface area contributed by atoms with Gasteiger partial charge >= 0.3 is 0 Å². The number of anilines is 2. The first-order valence-electron chi connectivity index (χ1n) is 12.7. The van der Waals surface area contributed by atoms with Crippen LogP contribution in [0.4, 0.5) is 11.5 Å². The molecule has 0 spiro atoms. The van der Waals surface area contributed by atoms with Gasteiger partial charge < -0.3 is 24.3 Å². The quantitative estimate of drug-likeness (QED) is 0.245. The summed E-state index contributed by atoms with van der Waals surface area (Å²) < 4.78 is 23.3. The Labute approximate surface area is 227 Å². The summed E-state index contributed by atoms with van der Waals surface area (Å²) in [4.78, 5) is 11.4. The predicted molar refractivity (Wildman–Crippen MR) is 149 cm³/mol. The Morgan fingerprint density at radius 1 is 0.974 bits per heavy atom. The molecule has 1 aromatic heterocycles. The van der Waals surface area contributed by atoms with Crippen molar-refractivity contribution in [3.63, 3.8) is 0 Å². The molecule has 2 heterocycles. The second-order valence-corrected chi connectivity index (χ2v) is 9.35. The molecular weight excluding hydrogens is 504 g/mol. The number of nitrogens with zero attached hydrogens (tertiary/aromatic N) is 3. The van der Waals surface area contributed by atoms with Crippen LogP contribution in [0.15, 0.2) is 67.0 Å². The van der Waals surface area contributed by atoms with E-state index >= 15 is 0 Å². The maximum Gasteiger partial charge on any atom is 0.145 e. The average molecular weight is 535 g/mol. The number of aromatic nitrogens is 2. The number of morpholine rings is 1. The number of nitrogens with one attached hydrogen (secondary N) is 1. The highest BCUT2D eigenvalue weighted by molar-refractivity contribution is 6.33. The minimum absolute atomic E-state index is 0.443. The van der Waals surface area contributed by atoms with Crippen LogP contribution in [0.1, 0.15) is 12.0 Å². The summed E-state index contributed by atoms with van der Waals surface area (Å²) in [6, 6.07) is 19.3. The van der Waals surface area contributed by atoms with Gasteiger partial charge in [-0.25, -0.2) is 9.97 Å². The zero-order valence-electron chi connectivity index (χ0n) is 21.4. The van der Waals surface area contributed by atoms with Gasteiger partial charge in [0, 0.05) is 37.8 Å². The third-order valence-corrected chi connectivity index (χ3v) is 6.66. The first-order valence-corrected chi connectivity index (χ1v) is 13.1. The number of ether oxygens (including phenoxy) is 4. The zero-order valence-corrected chi connectivity index (χ0v) is 22.1. The van der Waals surface area contributed by atoms with Crippen molar-refractivity contribution in [1.29, 1.82) is 0 Å². The molecule has 1 saturated heterocycles. The molecule has 0 atom stereocenters. The molecule has 0 radical (unpaired) electrons. The summed E-state index contributed by atoms with van der Waals surface area (Å²) in [5, 5.41) is 4.65. The fraction of sp³-hybridized carbons (Fsp3) is 0.310. The van der Waals surface area contributed by atoms with Gasteiger partial charge in [0.1, 0.15) is 36.0 Å². The second-order valence-electron chi connectivity index (χ2n) is 8.94. The maximum absolute atomic E-state index is 6.47. The van der Waals surface area contributed by atoms with Gasteiger partial charge in [0.25, 0.3) is 0 Å². The molecule has 0 bridgehead atoms. The Kier molecular flexibility index (Phi) is 8.75. The van der Waals surface area contributed by atoms with Gasteiger partial charge in [0.05, 0.1) is 48.5 Å². The molecule has 1 fully saturated rings. The Morgan fingerprint density at radius 3 is 2.63 bits per heavy atom. The second kappa shape index (κ2) is 12.8. The number of methoxy groups -OCH3 is 1.